The number of nitrogens with two attached hydrogens (primary N) is 1. The molecule has 9 heteroatoms. The van der Waals surface area contributed by atoms with E-state index < -0.39 is 24.1 Å². The summed E-state index contributed by atoms with van der Waals surface area (Å²) in [7, 11) is 0. The second-order valence-electron chi connectivity index (χ2n) is 2.87. The van der Waals surface area contributed by atoms with Crippen LogP contribution >= 0.6 is 22.6 Å². The Morgan fingerprint density at radius 3 is 2.41 bits per heavy atom. The van der Waals surface area contributed by atoms with Gasteiger partial charge in [0.15, 0.2) is 0 Å². The maximum Gasteiger partial charge on any atom is 0.573 e. The maximum absolute atomic E-state index is 12.6. The van der Waals surface area contributed by atoms with Crippen LogP contribution in [0.3, 0.4) is 0 Å². The van der Waals surface area contributed by atoms with E-state index in [4.69, 9.17) is 5.73 Å². The highest BCUT2D eigenvalue weighted by Gasteiger charge is 2.34. The van der Waals surface area contributed by atoms with Crippen LogP contribution < -0.4 is 10.5 Å². The standard InChI is InChI=1S/C8H6F5IN2O/c9-6(10)5-4(17-8(11,12)13)1-3(2-15)16-7(5)14/h1,6H,2,15H2. The van der Waals surface area contributed by atoms with E-state index in [2.05, 4.69) is 9.72 Å². The molecular weight excluding hydrogens is 362 g/mol. The number of pyridine rings is 1. The van der Waals surface area contributed by atoms with Crippen molar-refractivity contribution >= 4 is 22.6 Å². The zero-order valence-corrected chi connectivity index (χ0v) is 10.2. The summed E-state index contributed by atoms with van der Waals surface area (Å²) in [4.78, 5) is 3.64. The van der Waals surface area contributed by atoms with Crippen LogP contribution in [0.2, 0.25) is 0 Å². The fourth-order valence-electron chi connectivity index (χ4n) is 1.06. The number of aromatic nitrogens is 1. The Bertz CT molecular complexity index is 410. The molecule has 0 unspecified atom stereocenters. The van der Waals surface area contributed by atoms with E-state index in [1.807, 2.05) is 0 Å². The SMILES string of the molecule is NCc1cc(OC(F)(F)F)c(C(F)F)c(I)n1. The lowest BCUT2D eigenvalue weighted by Gasteiger charge is -2.14. The van der Waals surface area contributed by atoms with E-state index in [9.17, 15) is 22.0 Å². The molecule has 0 aliphatic rings. The van der Waals surface area contributed by atoms with Crippen LogP contribution in [0.25, 0.3) is 0 Å². The molecule has 0 atom stereocenters. The predicted molar refractivity (Wildman–Crippen MR) is 56.5 cm³/mol. The number of hydrogen-bond acceptors (Lipinski definition) is 3. The van der Waals surface area contributed by atoms with Crippen LogP contribution in [0, 0.1) is 3.70 Å². The third-order valence-corrected chi connectivity index (χ3v) is 2.50. The Balaban J connectivity index is 3.27. The molecule has 0 bridgehead atoms. The van der Waals surface area contributed by atoms with Crippen molar-refractivity contribution in [3.8, 4) is 5.75 Å². The topological polar surface area (TPSA) is 48.1 Å². The van der Waals surface area contributed by atoms with Gasteiger partial charge in [-0.2, -0.15) is 0 Å². The van der Waals surface area contributed by atoms with Crippen molar-refractivity contribution in [3.63, 3.8) is 0 Å². The predicted octanol–water partition coefficient (Wildman–Crippen LogP) is 2.98. The molecule has 0 amide bonds. The lowest BCUT2D eigenvalue weighted by Crippen LogP contribution is -2.19. The van der Waals surface area contributed by atoms with Gasteiger partial charge in [-0.1, -0.05) is 0 Å². The van der Waals surface area contributed by atoms with Gasteiger partial charge in [0.05, 0.1) is 11.3 Å². The molecule has 0 spiro atoms. The molecule has 2 N–H and O–H groups in total. The molecule has 1 aromatic heterocycles. The number of nitrogens with zero attached hydrogens (tertiary/aromatic N) is 1. The summed E-state index contributed by atoms with van der Waals surface area (Å²) in [6.45, 7) is -0.173. The first-order chi connectivity index (χ1) is 7.74. The summed E-state index contributed by atoms with van der Waals surface area (Å²) in [5.41, 5.74) is 4.34. The summed E-state index contributed by atoms with van der Waals surface area (Å²) in [6.07, 6.45) is -8.15. The summed E-state index contributed by atoms with van der Waals surface area (Å²) in [5.74, 6) is -0.965. The van der Waals surface area contributed by atoms with Crippen LogP contribution in [0.1, 0.15) is 17.7 Å². The third kappa shape index (κ3) is 3.91. The van der Waals surface area contributed by atoms with E-state index in [1.165, 1.54) is 22.6 Å². The molecule has 3 nitrogen and oxygen atoms in total. The highest BCUT2D eigenvalue weighted by Crippen LogP contribution is 2.35. The molecule has 1 rings (SSSR count). The molecule has 1 heterocycles. The molecule has 0 aliphatic heterocycles. The van der Waals surface area contributed by atoms with Gasteiger partial charge in [0, 0.05) is 12.6 Å². The molecule has 0 saturated carbocycles. The Kier molecular flexibility index (Phi) is 4.47. The monoisotopic (exact) mass is 368 g/mol. The Morgan fingerprint density at radius 1 is 1.41 bits per heavy atom. The molecule has 96 valence electrons. The van der Waals surface area contributed by atoms with Crippen LogP contribution in [-0.4, -0.2) is 11.3 Å². The molecule has 0 aromatic carbocycles. The molecule has 1 aromatic rings. The van der Waals surface area contributed by atoms with E-state index in [0.717, 1.165) is 6.07 Å². The van der Waals surface area contributed by atoms with Crippen molar-refractivity contribution in [2.75, 3.05) is 0 Å². The van der Waals surface area contributed by atoms with Crippen LogP contribution in [-0.2, 0) is 6.54 Å². The maximum atomic E-state index is 12.6. The van der Waals surface area contributed by atoms with Crippen molar-refractivity contribution in [1.82, 2.24) is 4.98 Å². The second-order valence-corrected chi connectivity index (χ2v) is 3.89. The van der Waals surface area contributed by atoms with E-state index in [1.54, 1.807) is 0 Å². The van der Waals surface area contributed by atoms with Crippen molar-refractivity contribution in [1.29, 1.82) is 0 Å². The van der Waals surface area contributed by atoms with E-state index in [0.29, 0.717) is 0 Å². The minimum Gasteiger partial charge on any atom is -0.405 e. The second kappa shape index (κ2) is 5.29. The number of halogens is 6. The highest BCUT2D eigenvalue weighted by atomic mass is 127. The van der Waals surface area contributed by atoms with Gasteiger partial charge in [-0.3, -0.25) is 0 Å². The first kappa shape index (κ1) is 14.4. The zero-order valence-electron chi connectivity index (χ0n) is 8.06. The van der Waals surface area contributed by atoms with Crippen molar-refractivity contribution in [2.24, 2.45) is 5.73 Å². The van der Waals surface area contributed by atoms with E-state index >= 15 is 0 Å². The van der Waals surface area contributed by atoms with Gasteiger partial charge in [0.25, 0.3) is 6.43 Å². The summed E-state index contributed by atoms with van der Waals surface area (Å²) >= 11 is 1.41. The van der Waals surface area contributed by atoms with Crippen molar-refractivity contribution in [2.45, 2.75) is 19.3 Å². The first-order valence-corrected chi connectivity index (χ1v) is 5.25. The van der Waals surface area contributed by atoms with Gasteiger partial charge in [-0.05, 0) is 22.6 Å². The molecular formula is C8H6F5IN2O. The lowest BCUT2D eigenvalue weighted by atomic mass is 10.2. The van der Waals surface area contributed by atoms with Crippen molar-refractivity contribution in [3.05, 3.63) is 21.0 Å². The lowest BCUT2D eigenvalue weighted by molar-refractivity contribution is -0.275. The molecule has 0 aliphatic carbocycles. The van der Waals surface area contributed by atoms with Crippen LogP contribution in [0.15, 0.2) is 6.07 Å². The Labute approximate surface area is 106 Å². The number of alkyl halides is 5. The zero-order chi connectivity index (χ0) is 13.2. The molecule has 0 radical (unpaired) electrons. The van der Waals surface area contributed by atoms with Gasteiger partial charge in [-0.25, -0.2) is 13.8 Å². The average Bonchev–Trinajstić information content (AvgIpc) is 2.13. The number of ether oxygens (including phenoxy) is 1. The average molecular weight is 368 g/mol. The smallest absolute Gasteiger partial charge is 0.405 e. The van der Waals surface area contributed by atoms with Crippen LogP contribution in [0.5, 0.6) is 5.75 Å². The minimum absolute atomic E-state index is 0.0399. The Hall–Kier alpha value is -0.710. The summed E-state index contributed by atoms with van der Waals surface area (Å²) < 4.78 is 64.5. The van der Waals surface area contributed by atoms with Gasteiger partial charge in [0.1, 0.15) is 9.45 Å². The van der Waals surface area contributed by atoms with E-state index in [-0.39, 0.29) is 15.9 Å². The minimum atomic E-state index is -5.04. The fourth-order valence-corrected chi connectivity index (χ4v) is 1.87. The summed E-state index contributed by atoms with van der Waals surface area (Å²) in [5, 5.41) is 0. The largest absolute Gasteiger partial charge is 0.573 e. The van der Waals surface area contributed by atoms with Gasteiger partial charge in [0.2, 0.25) is 0 Å². The third-order valence-electron chi connectivity index (χ3n) is 1.68. The van der Waals surface area contributed by atoms with Gasteiger partial charge in [-0.15, -0.1) is 13.2 Å². The molecule has 0 saturated heterocycles. The summed E-state index contributed by atoms with van der Waals surface area (Å²) in [6, 6.07) is 0.761. The highest BCUT2D eigenvalue weighted by molar-refractivity contribution is 14.1. The fraction of sp³-hybridized carbons (Fsp3) is 0.375. The molecule has 17 heavy (non-hydrogen) atoms. The van der Waals surface area contributed by atoms with Gasteiger partial charge >= 0.3 is 6.36 Å². The van der Waals surface area contributed by atoms with Gasteiger partial charge < -0.3 is 10.5 Å². The van der Waals surface area contributed by atoms with Crippen molar-refractivity contribution < 1.29 is 26.7 Å². The Morgan fingerprint density at radius 2 is 2.00 bits per heavy atom. The molecule has 0 fully saturated rings. The number of hydrogen-bond donors (Lipinski definition) is 1. The first-order valence-electron chi connectivity index (χ1n) is 4.18. The number of rotatable bonds is 3. The normalized spacial score (nSPS) is 12.0. The van der Waals surface area contributed by atoms with Crippen LogP contribution in [0.4, 0.5) is 22.0 Å². The quantitative estimate of drug-likeness (QED) is 0.507.